The molecule has 2 rings (SSSR count). The molecule has 29 heavy (non-hydrogen) atoms. The van der Waals surface area contributed by atoms with E-state index in [-0.39, 0.29) is 25.0 Å². The molecule has 2 aromatic rings. The summed E-state index contributed by atoms with van der Waals surface area (Å²) in [6.45, 7) is 2.90. The monoisotopic (exact) mass is 401 g/mol. The summed E-state index contributed by atoms with van der Waals surface area (Å²) < 4.78 is 31.2. The number of Topliss-reactive ketones (excluding diaryl/α,β-unsaturated/α-hetero) is 1. The number of methoxy groups -OCH3 is 1. The Kier molecular flexibility index (Phi) is 8.06. The lowest BCUT2D eigenvalue weighted by molar-refractivity contribution is -0.117. The van der Waals surface area contributed by atoms with Gasteiger partial charge in [0.2, 0.25) is 5.92 Å². The second-order valence-corrected chi connectivity index (χ2v) is 7.69. The molecule has 0 fully saturated rings. The Morgan fingerprint density at radius 2 is 1.66 bits per heavy atom. The van der Waals surface area contributed by atoms with Crippen LogP contribution in [-0.2, 0) is 24.1 Å². The van der Waals surface area contributed by atoms with Crippen LogP contribution in [0.15, 0.2) is 42.5 Å². The highest BCUT2D eigenvalue weighted by atomic mass is 19.3. The van der Waals surface area contributed by atoms with Crippen molar-refractivity contribution >= 4 is 11.5 Å². The van der Waals surface area contributed by atoms with Gasteiger partial charge in [0, 0.05) is 25.0 Å². The van der Waals surface area contributed by atoms with Gasteiger partial charge in [0.15, 0.2) is 0 Å². The highest BCUT2D eigenvalue weighted by Crippen LogP contribution is 2.21. The first-order valence-corrected chi connectivity index (χ1v) is 9.83. The number of rotatable bonds is 11. The second kappa shape index (κ2) is 10.3. The normalized spacial score (nSPS) is 11.3. The van der Waals surface area contributed by atoms with Gasteiger partial charge in [0.1, 0.15) is 11.5 Å². The summed E-state index contributed by atoms with van der Waals surface area (Å²) in [5.74, 6) is -1.85. The minimum atomic E-state index is -2.67. The lowest BCUT2D eigenvalue weighted by Gasteiger charge is -2.10. The molecule has 0 aliphatic rings. The molecule has 0 aromatic heterocycles. The topological polar surface area (TPSA) is 50.1 Å². The summed E-state index contributed by atoms with van der Waals surface area (Å²) in [5, 5.41) is 8.10. The van der Waals surface area contributed by atoms with Crippen molar-refractivity contribution in [2.45, 2.75) is 58.3 Å². The Bertz CT molecular complexity index is 839. The maximum absolute atomic E-state index is 12.9. The van der Waals surface area contributed by atoms with Gasteiger partial charge in [-0.15, -0.1) is 0 Å². The van der Waals surface area contributed by atoms with Gasteiger partial charge in [-0.3, -0.25) is 4.79 Å². The van der Waals surface area contributed by atoms with Crippen molar-refractivity contribution in [3.63, 3.8) is 0 Å². The third kappa shape index (κ3) is 8.14. The Morgan fingerprint density at radius 3 is 2.28 bits per heavy atom. The standard InChI is InChI=1S/C24H29F2NO2/c1-17-4-5-20(15-23(17)29-3)10-11-21(27)16-22(28)14-19-8-6-18(7-9-19)12-13-24(2,25)26/h4-9,15,27H,10-14,16H2,1-3H3. The fraction of sp³-hybridized carbons (Fsp3) is 0.417. The number of carbonyl (C=O) groups is 1. The van der Waals surface area contributed by atoms with Crippen LogP contribution >= 0.6 is 0 Å². The van der Waals surface area contributed by atoms with E-state index in [2.05, 4.69) is 0 Å². The van der Waals surface area contributed by atoms with E-state index in [0.717, 1.165) is 34.9 Å². The van der Waals surface area contributed by atoms with E-state index in [4.69, 9.17) is 10.1 Å². The quantitative estimate of drug-likeness (QED) is 0.488. The fourth-order valence-corrected chi connectivity index (χ4v) is 3.12. The summed E-state index contributed by atoms with van der Waals surface area (Å²) in [4.78, 5) is 12.3. The van der Waals surface area contributed by atoms with Crippen LogP contribution in [0.4, 0.5) is 8.78 Å². The predicted octanol–water partition coefficient (Wildman–Crippen LogP) is 5.75. The van der Waals surface area contributed by atoms with Crippen molar-refractivity contribution in [2.75, 3.05) is 7.11 Å². The minimum Gasteiger partial charge on any atom is -0.496 e. The molecule has 0 saturated carbocycles. The number of nitrogens with one attached hydrogen (secondary N) is 1. The Hall–Kier alpha value is -2.56. The van der Waals surface area contributed by atoms with E-state index in [1.165, 1.54) is 0 Å². The highest BCUT2D eigenvalue weighted by molar-refractivity contribution is 6.01. The first-order chi connectivity index (χ1) is 13.7. The number of alkyl halides is 2. The molecule has 0 aliphatic heterocycles. The zero-order valence-corrected chi connectivity index (χ0v) is 17.4. The van der Waals surface area contributed by atoms with E-state index >= 15 is 0 Å². The van der Waals surface area contributed by atoms with Crippen LogP contribution in [-0.4, -0.2) is 24.5 Å². The smallest absolute Gasteiger partial charge is 0.245 e. The number of carbonyl (C=O) groups excluding carboxylic acids is 1. The van der Waals surface area contributed by atoms with E-state index in [1.807, 2.05) is 37.3 Å². The number of hydrogen-bond acceptors (Lipinski definition) is 3. The molecule has 0 bridgehead atoms. The molecule has 0 radical (unpaired) electrons. The summed E-state index contributed by atoms with van der Waals surface area (Å²) in [5.41, 5.74) is 4.24. The van der Waals surface area contributed by atoms with Crippen molar-refractivity contribution in [1.29, 1.82) is 5.41 Å². The van der Waals surface area contributed by atoms with Gasteiger partial charge in [0.05, 0.1) is 7.11 Å². The number of ketones is 1. The molecule has 0 spiro atoms. The molecule has 0 aliphatic carbocycles. The Balaban J connectivity index is 1.79. The van der Waals surface area contributed by atoms with Crippen LogP contribution in [0.25, 0.3) is 0 Å². The maximum atomic E-state index is 12.9. The van der Waals surface area contributed by atoms with E-state index < -0.39 is 5.92 Å². The lowest BCUT2D eigenvalue weighted by Crippen LogP contribution is -2.11. The number of ether oxygens (including phenoxy) is 1. The SMILES string of the molecule is COc1cc(CCC(=N)CC(=O)Cc2ccc(CCC(C)(F)F)cc2)ccc1C. The molecule has 5 heteroatoms. The van der Waals surface area contributed by atoms with E-state index in [1.54, 1.807) is 19.2 Å². The van der Waals surface area contributed by atoms with Crippen molar-refractivity contribution in [2.24, 2.45) is 0 Å². The van der Waals surface area contributed by atoms with Crippen molar-refractivity contribution < 1.29 is 18.3 Å². The number of benzene rings is 2. The van der Waals surface area contributed by atoms with Gasteiger partial charge in [-0.25, -0.2) is 8.78 Å². The van der Waals surface area contributed by atoms with Gasteiger partial charge in [-0.1, -0.05) is 36.4 Å². The van der Waals surface area contributed by atoms with Crippen molar-refractivity contribution in [3.05, 3.63) is 64.7 Å². The van der Waals surface area contributed by atoms with Crippen LogP contribution in [0.1, 0.15) is 48.4 Å². The fourth-order valence-electron chi connectivity index (χ4n) is 3.12. The summed E-state index contributed by atoms with van der Waals surface area (Å²) in [6.07, 6.45) is 1.74. The first-order valence-electron chi connectivity index (χ1n) is 9.83. The van der Waals surface area contributed by atoms with Gasteiger partial charge in [0.25, 0.3) is 0 Å². The molecule has 0 saturated heterocycles. The van der Waals surface area contributed by atoms with Crippen molar-refractivity contribution in [3.8, 4) is 5.75 Å². The summed E-state index contributed by atoms with van der Waals surface area (Å²) in [6, 6.07) is 13.2. The van der Waals surface area contributed by atoms with Crippen LogP contribution in [0.3, 0.4) is 0 Å². The molecule has 3 nitrogen and oxygen atoms in total. The predicted molar refractivity (Wildman–Crippen MR) is 112 cm³/mol. The van der Waals surface area contributed by atoms with Crippen LogP contribution in [0, 0.1) is 12.3 Å². The van der Waals surface area contributed by atoms with Gasteiger partial charge < -0.3 is 10.1 Å². The molecule has 1 N–H and O–H groups in total. The van der Waals surface area contributed by atoms with Crippen molar-refractivity contribution in [1.82, 2.24) is 0 Å². The van der Waals surface area contributed by atoms with Crippen LogP contribution in [0.5, 0.6) is 5.75 Å². The summed E-state index contributed by atoms with van der Waals surface area (Å²) >= 11 is 0. The Labute approximate surface area is 171 Å². The molecular weight excluding hydrogens is 372 g/mol. The average Bonchev–Trinajstić information content (AvgIpc) is 2.66. The highest BCUT2D eigenvalue weighted by Gasteiger charge is 2.20. The molecular formula is C24H29F2NO2. The molecule has 0 amide bonds. The largest absolute Gasteiger partial charge is 0.496 e. The van der Waals surface area contributed by atoms with Gasteiger partial charge in [-0.2, -0.15) is 0 Å². The zero-order valence-electron chi connectivity index (χ0n) is 17.4. The lowest BCUT2D eigenvalue weighted by atomic mass is 9.99. The van der Waals surface area contributed by atoms with Crippen LogP contribution in [0.2, 0.25) is 0 Å². The second-order valence-electron chi connectivity index (χ2n) is 7.69. The van der Waals surface area contributed by atoms with E-state index in [9.17, 15) is 13.6 Å². The maximum Gasteiger partial charge on any atom is 0.245 e. The first kappa shape index (κ1) is 22.7. The molecule has 0 atom stereocenters. The summed E-state index contributed by atoms with van der Waals surface area (Å²) in [7, 11) is 1.64. The molecule has 156 valence electrons. The zero-order chi connectivity index (χ0) is 21.4. The number of hydrogen-bond donors (Lipinski definition) is 1. The third-order valence-corrected chi connectivity index (χ3v) is 4.88. The number of halogens is 2. The van der Waals surface area contributed by atoms with E-state index in [0.29, 0.717) is 25.0 Å². The minimum absolute atomic E-state index is 0.00988. The molecule has 0 heterocycles. The average molecular weight is 401 g/mol. The third-order valence-electron chi connectivity index (χ3n) is 4.88. The van der Waals surface area contributed by atoms with Gasteiger partial charge in [-0.05, 0) is 61.4 Å². The number of aryl methyl sites for hydroxylation is 3. The Morgan fingerprint density at radius 1 is 1.03 bits per heavy atom. The molecule has 2 aromatic carbocycles. The van der Waals surface area contributed by atoms with Gasteiger partial charge >= 0.3 is 0 Å². The van der Waals surface area contributed by atoms with Crippen LogP contribution < -0.4 is 4.74 Å². The molecule has 0 unspecified atom stereocenters.